The Kier molecular flexibility index (Phi) is 4.27. The quantitative estimate of drug-likeness (QED) is 0.748. The van der Waals surface area contributed by atoms with E-state index < -0.39 is 17.9 Å². The van der Waals surface area contributed by atoms with Crippen LogP contribution in [0, 0.1) is 0 Å². The van der Waals surface area contributed by atoms with Gasteiger partial charge in [0.05, 0.1) is 24.5 Å². The Hall–Kier alpha value is -2.47. The van der Waals surface area contributed by atoms with Crippen LogP contribution in [0.25, 0.3) is 10.9 Å². The summed E-state index contributed by atoms with van der Waals surface area (Å²) in [4.78, 5) is 26.6. The number of nitrogens with one attached hydrogen (secondary N) is 1. The highest BCUT2D eigenvalue weighted by atomic mass is 16.4. The molecule has 1 heterocycles. The first-order chi connectivity index (χ1) is 9.60. The van der Waals surface area contributed by atoms with Crippen molar-refractivity contribution in [3.05, 3.63) is 42.1 Å². The summed E-state index contributed by atoms with van der Waals surface area (Å²) in [5.41, 5.74) is 6.71. The van der Waals surface area contributed by atoms with Crippen LogP contribution in [-0.4, -0.2) is 28.5 Å². The van der Waals surface area contributed by atoms with Gasteiger partial charge in [-0.1, -0.05) is 18.2 Å². The molecule has 4 N–H and O–H groups in total. The zero-order chi connectivity index (χ0) is 14.5. The van der Waals surface area contributed by atoms with Crippen LogP contribution in [0.5, 0.6) is 0 Å². The predicted molar refractivity (Wildman–Crippen MR) is 73.9 cm³/mol. The molecule has 1 atom stereocenters. The number of fused-ring (bicyclic) bond motifs is 1. The van der Waals surface area contributed by atoms with Gasteiger partial charge in [0.1, 0.15) is 0 Å². The van der Waals surface area contributed by atoms with Crippen LogP contribution < -0.4 is 11.1 Å². The lowest BCUT2D eigenvalue weighted by atomic mass is 10.0. The number of pyridine rings is 1. The molecule has 2 aromatic rings. The Bertz CT molecular complexity index is 642. The van der Waals surface area contributed by atoms with Gasteiger partial charge < -0.3 is 16.2 Å². The topological polar surface area (TPSA) is 105 Å². The number of nitrogens with two attached hydrogens (primary N) is 1. The smallest absolute Gasteiger partial charge is 0.305 e. The van der Waals surface area contributed by atoms with Gasteiger partial charge in [-0.2, -0.15) is 0 Å². The lowest BCUT2D eigenvalue weighted by Crippen LogP contribution is -2.34. The second kappa shape index (κ2) is 6.12. The van der Waals surface area contributed by atoms with Crippen molar-refractivity contribution in [1.29, 1.82) is 0 Å². The second-order valence-electron chi connectivity index (χ2n) is 4.38. The van der Waals surface area contributed by atoms with Crippen molar-refractivity contribution in [2.75, 3.05) is 6.54 Å². The molecular weight excluding hydrogens is 258 g/mol. The average Bonchev–Trinajstić information content (AvgIpc) is 2.45. The average molecular weight is 273 g/mol. The van der Waals surface area contributed by atoms with Crippen molar-refractivity contribution in [3.8, 4) is 0 Å². The molecule has 0 aliphatic carbocycles. The Balaban J connectivity index is 2.33. The molecule has 1 aromatic carbocycles. The van der Waals surface area contributed by atoms with Crippen LogP contribution in [0.2, 0.25) is 0 Å². The SMILES string of the molecule is NCC(=O)NC(CC(=O)O)c1cnc2ccccc2c1. The minimum Gasteiger partial charge on any atom is -0.481 e. The number of benzene rings is 1. The number of hydrogen-bond donors (Lipinski definition) is 3. The fourth-order valence-electron chi connectivity index (χ4n) is 1.96. The summed E-state index contributed by atoms with van der Waals surface area (Å²) >= 11 is 0. The number of amides is 1. The maximum atomic E-state index is 11.4. The van der Waals surface area contributed by atoms with Crippen LogP contribution in [-0.2, 0) is 9.59 Å². The van der Waals surface area contributed by atoms with Crippen molar-refractivity contribution < 1.29 is 14.7 Å². The number of para-hydroxylation sites is 1. The number of nitrogens with zero attached hydrogens (tertiary/aromatic N) is 1. The summed E-state index contributed by atoms with van der Waals surface area (Å²) in [6, 6.07) is 8.68. The maximum Gasteiger partial charge on any atom is 0.305 e. The highest BCUT2D eigenvalue weighted by Gasteiger charge is 2.18. The van der Waals surface area contributed by atoms with Gasteiger partial charge in [0.2, 0.25) is 5.91 Å². The highest BCUT2D eigenvalue weighted by Crippen LogP contribution is 2.20. The molecule has 0 bridgehead atoms. The number of rotatable bonds is 5. The van der Waals surface area contributed by atoms with E-state index in [1.165, 1.54) is 0 Å². The largest absolute Gasteiger partial charge is 0.481 e. The number of hydrogen-bond acceptors (Lipinski definition) is 4. The van der Waals surface area contributed by atoms with Crippen molar-refractivity contribution in [2.45, 2.75) is 12.5 Å². The normalized spacial score (nSPS) is 12.1. The molecule has 1 amide bonds. The van der Waals surface area contributed by atoms with Crippen molar-refractivity contribution in [3.63, 3.8) is 0 Å². The second-order valence-corrected chi connectivity index (χ2v) is 4.38. The van der Waals surface area contributed by atoms with Gasteiger partial charge in [0, 0.05) is 11.6 Å². The molecule has 6 nitrogen and oxygen atoms in total. The molecule has 0 radical (unpaired) electrons. The first kappa shape index (κ1) is 14.0. The van der Waals surface area contributed by atoms with E-state index in [4.69, 9.17) is 10.8 Å². The fourth-order valence-corrected chi connectivity index (χ4v) is 1.96. The van der Waals surface area contributed by atoms with Gasteiger partial charge in [0.15, 0.2) is 0 Å². The molecule has 6 heteroatoms. The number of carbonyl (C=O) groups excluding carboxylic acids is 1. The summed E-state index contributed by atoms with van der Waals surface area (Å²) in [6.45, 7) is -0.183. The molecule has 0 aliphatic heterocycles. The van der Waals surface area contributed by atoms with E-state index in [1.54, 1.807) is 6.20 Å². The van der Waals surface area contributed by atoms with Gasteiger partial charge in [-0.05, 0) is 17.7 Å². The molecule has 0 spiro atoms. The van der Waals surface area contributed by atoms with Crippen LogP contribution in [0.3, 0.4) is 0 Å². The summed E-state index contributed by atoms with van der Waals surface area (Å²) in [6.07, 6.45) is 1.36. The molecule has 0 fully saturated rings. The lowest BCUT2D eigenvalue weighted by molar-refractivity contribution is -0.137. The van der Waals surface area contributed by atoms with E-state index in [2.05, 4.69) is 10.3 Å². The summed E-state index contributed by atoms with van der Waals surface area (Å²) in [5, 5.41) is 12.4. The summed E-state index contributed by atoms with van der Waals surface area (Å²) < 4.78 is 0. The molecule has 0 aliphatic rings. The fraction of sp³-hybridized carbons (Fsp3) is 0.214. The van der Waals surface area contributed by atoms with E-state index >= 15 is 0 Å². The van der Waals surface area contributed by atoms with Crippen LogP contribution in [0.4, 0.5) is 0 Å². The minimum absolute atomic E-state index is 0.183. The van der Waals surface area contributed by atoms with Gasteiger partial charge in [-0.25, -0.2) is 0 Å². The zero-order valence-electron chi connectivity index (χ0n) is 10.7. The Labute approximate surface area is 115 Å². The number of aromatic nitrogens is 1. The molecular formula is C14H15N3O3. The van der Waals surface area contributed by atoms with Crippen molar-refractivity contribution in [2.24, 2.45) is 5.73 Å². The summed E-state index contributed by atoms with van der Waals surface area (Å²) in [7, 11) is 0. The van der Waals surface area contributed by atoms with Gasteiger partial charge >= 0.3 is 5.97 Å². The van der Waals surface area contributed by atoms with E-state index in [-0.39, 0.29) is 13.0 Å². The number of aliphatic carboxylic acids is 1. The maximum absolute atomic E-state index is 11.4. The van der Waals surface area contributed by atoms with Crippen LogP contribution in [0.15, 0.2) is 36.5 Å². The van der Waals surface area contributed by atoms with Crippen LogP contribution >= 0.6 is 0 Å². The monoisotopic (exact) mass is 273 g/mol. The first-order valence-corrected chi connectivity index (χ1v) is 6.16. The standard InChI is InChI=1S/C14H15N3O3/c15-7-13(18)17-12(6-14(19)20)10-5-9-3-1-2-4-11(9)16-8-10/h1-5,8,12H,6-7,15H2,(H,17,18)(H,19,20). The third-order valence-corrected chi connectivity index (χ3v) is 2.91. The van der Waals surface area contributed by atoms with Gasteiger partial charge in [-0.3, -0.25) is 14.6 Å². The summed E-state index contributed by atoms with van der Waals surface area (Å²) in [5.74, 6) is -1.40. The van der Waals surface area contributed by atoms with E-state index in [0.29, 0.717) is 5.56 Å². The third kappa shape index (κ3) is 3.30. The zero-order valence-corrected chi connectivity index (χ0v) is 10.7. The number of carboxylic acid groups (broad SMARTS) is 1. The molecule has 2 rings (SSSR count). The molecule has 0 saturated carbocycles. The Morgan fingerprint density at radius 3 is 2.80 bits per heavy atom. The van der Waals surface area contributed by atoms with Crippen molar-refractivity contribution in [1.82, 2.24) is 10.3 Å². The number of carbonyl (C=O) groups is 2. The van der Waals surface area contributed by atoms with E-state index in [9.17, 15) is 9.59 Å². The highest BCUT2D eigenvalue weighted by molar-refractivity contribution is 5.81. The molecule has 1 unspecified atom stereocenters. The molecule has 0 saturated heterocycles. The lowest BCUT2D eigenvalue weighted by Gasteiger charge is -2.17. The Morgan fingerprint density at radius 1 is 1.35 bits per heavy atom. The predicted octanol–water partition coefficient (Wildman–Crippen LogP) is 0.825. The van der Waals surface area contributed by atoms with Gasteiger partial charge in [-0.15, -0.1) is 0 Å². The molecule has 1 aromatic heterocycles. The first-order valence-electron chi connectivity index (χ1n) is 6.16. The van der Waals surface area contributed by atoms with Crippen molar-refractivity contribution >= 4 is 22.8 Å². The minimum atomic E-state index is -1.000. The third-order valence-electron chi connectivity index (χ3n) is 2.91. The van der Waals surface area contributed by atoms with Gasteiger partial charge in [0.25, 0.3) is 0 Å². The van der Waals surface area contributed by atoms with E-state index in [0.717, 1.165) is 10.9 Å². The number of carboxylic acids is 1. The Morgan fingerprint density at radius 2 is 2.10 bits per heavy atom. The molecule has 20 heavy (non-hydrogen) atoms. The van der Waals surface area contributed by atoms with Crippen LogP contribution in [0.1, 0.15) is 18.0 Å². The molecule has 104 valence electrons. The van der Waals surface area contributed by atoms with E-state index in [1.807, 2.05) is 30.3 Å².